The van der Waals surface area contributed by atoms with E-state index in [1.807, 2.05) is 81.8 Å². The van der Waals surface area contributed by atoms with Gasteiger partial charge >= 0.3 is 20.9 Å². The largest absolute Gasteiger partial charge is 0.506 e. The van der Waals surface area contributed by atoms with Crippen molar-refractivity contribution in [1.29, 1.82) is 10.5 Å². The molecule has 0 aliphatic carbocycles. The van der Waals surface area contributed by atoms with Gasteiger partial charge in [0.15, 0.2) is 118 Å². The van der Waals surface area contributed by atoms with E-state index < -0.39 is 182 Å². The second-order valence-electron chi connectivity index (χ2n) is 31.8. The van der Waals surface area contributed by atoms with Crippen LogP contribution < -0.4 is 32.4 Å². The molecule has 50 nitrogen and oxygen atoms in total. The average Bonchev–Trinajstić information content (AvgIpc) is 1.62. The van der Waals surface area contributed by atoms with Gasteiger partial charge in [-0.3, -0.25) is 68.5 Å². The Morgan fingerprint density at radius 3 is 1.31 bits per heavy atom. The molecule has 748 valence electrons. The van der Waals surface area contributed by atoms with Crippen LogP contribution in [0.15, 0.2) is 157 Å². The Hall–Kier alpha value is -14.1. The number of fused-ring (bicyclic) bond motifs is 4. The molecule has 10 aromatic heterocycles. The van der Waals surface area contributed by atoms with Crippen LogP contribution in [0, 0.1) is 34.5 Å². The van der Waals surface area contributed by atoms with Crippen LogP contribution in [-0.4, -0.2) is 279 Å². The first kappa shape index (κ1) is 106. The van der Waals surface area contributed by atoms with Crippen LogP contribution >= 0.6 is 17.1 Å². The van der Waals surface area contributed by atoms with Gasteiger partial charge in [-0.25, -0.2) is 61.7 Å². The number of pyridine rings is 2. The Bertz CT molecular complexity index is 6310. The summed E-state index contributed by atoms with van der Waals surface area (Å²) >= 11 is 0. The van der Waals surface area contributed by atoms with E-state index in [4.69, 9.17) is 61.9 Å². The van der Waals surface area contributed by atoms with E-state index in [2.05, 4.69) is 113 Å². The number of amides is 4. The highest BCUT2D eigenvalue weighted by Crippen LogP contribution is 2.53. The lowest BCUT2D eigenvalue weighted by atomic mass is 10.1. The standard InChI is InChI=1S/C34H35F2N12O12P.C24H37FN7O5P.C17H15FN6O6.2C5H5N/c1-15(2)28(50)43-33-42-27-22(30(52)44-33)40-14-47(27)32-24(19(35)17(11-49)57-32)60-61(55-10-6-9-37)56-12-18-23(59-34(53)54)20(36)31(58-18)48-26-21(45-46-48)25(38-13-39-26)41-29(51)16-7-4-3-5-8-16;1-8-16-17(25)19(37-38(35-11-9-10-26)32(14(4)5)15(6)7)23(36-16)31-12-27-18-20(31)28-24(30-22(18)34)29-21(33)13(2)3;18-10-12(30-17(27)28)9(6-25)29-16(10)24-14-11(22-23-24)13(19-7-20-14)21-15(26)8-4-2-1-3-5-8;2*1-2-4-6-5-3-1/h3-5,7-8,13-15,17-20,23-24,31-32,49H,6,10-12H2,1-2H3,(H,53,54)(H,38,39,41,51)(H2,42,43,44,50,52);12-17,19,23H,8-9,11H2,1-7H3,(H2,28,29,30,33,34);1-5,7,9-10,12,16,25H,6H2,(H,27,28)(H,19,20,21,26);2*1-5H/t17-,18-,19-,20+,23-,24-,31-,32-,61?;16-,17-,19-,23-,38?;9-,10+,12-,16-;;/m111../s1. The molecule has 2 aromatic carbocycles. The summed E-state index contributed by atoms with van der Waals surface area (Å²) in [7, 11) is -4.50. The number of nitrogens with zero attached hydrogens (tertiary/aromatic N) is 21. The molecular formula is C85H97F4N27O23P2. The third-order valence-corrected chi connectivity index (χ3v) is 24.1. The van der Waals surface area contributed by atoms with Gasteiger partial charge in [-0.1, -0.05) is 93.6 Å². The first-order chi connectivity index (χ1) is 67.9. The van der Waals surface area contributed by atoms with Crippen molar-refractivity contribution in [2.75, 3.05) is 54.3 Å². The van der Waals surface area contributed by atoms with Crippen molar-refractivity contribution < 1.29 is 118 Å². The molecular weight excluding hydrogens is 1910 g/mol. The maximum absolute atomic E-state index is 16.2. The molecule has 141 heavy (non-hydrogen) atoms. The molecule has 2 unspecified atom stereocenters. The molecule has 16 rings (SSSR count). The minimum Gasteiger partial charge on any atom is -0.450 e. The van der Waals surface area contributed by atoms with Crippen molar-refractivity contribution in [3.63, 3.8) is 0 Å². The summed E-state index contributed by atoms with van der Waals surface area (Å²) in [5.41, 5.74) is -0.907. The predicted molar refractivity (Wildman–Crippen MR) is 486 cm³/mol. The number of anilines is 4. The molecule has 4 amide bonds. The Kier molecular flexibility index (Phi) is 37.6. The number of benzene rings is 2. The number of rotatable bonds is 33. The monoisotopic (exact) mass is 2000 g/mol. The van der Waals surface area contributed by atoms with Gasteiger partial charge in [0, 0.05) is 59.8 Å². The molecule has 4 saturated heterocycles. The van der Waals surface area contributed by atoms with Gasteiger partial charge in [-0.05, 0) is 82.6 Å². The summed E-state index contributed by atoms with van der Waals surface area (Å²) in [4.78, 5) is 143. The zero-order valence-electron chi connectivity index (χ0n) is 76.4. The first-order valence-electron chi connectivity index (χ1n) is 43.5. The van der Waals surface area contributed by atoms with Crippen LogP contribution in [0.4, 0.5) is 50.7 Å². The van der Waals surface area contributed by atoms with Gasteiger partial charge in [0.05, 0.1) is 76.8 Å². The first-order valence-corrected chi connectivity index (χ1v) is 45.7. The number of hydrogen-bond donors (Lipinski definition) is 10. The van der Waals surface area contributed by atoms with Gasteiger partial charge in [0.2, 0.25) is 23.7 Å². The van der Waals surface area contributed by atoms with Crippen molar-refractivity contribution in [3.05, 3.63) is 179 Å². The number of carbonyl (C=O) groups is 6. The number of imidazole rings is 2. The number of halogens is 4. The molecule has 0 spiro atoms. The van der Waals surface area contributed by atoms with E-state index in [1.165, 1.54) is 10.9 Å². The van der Waals surface area contributed by atoms with Crippen molar-refractivity contribution >= 4 is 121 Å². The fourth-order valence-corrected chi connectivity index (χ4v) is 17.0. The van der Waals surface area contributed by atoms with E-state index in [1.54, 1.807) is 113 Å². The van der Waals surface area contributed by atoms with E-state index in [-0.39, 0.29) is 118 Å². The number of ether oxygens (including phenoxy) is 6. The van der Waals surface area contributed by atoms with Crippen LogP contribution in [0.25, 0.3) is 44.7 Å². The average molecular weight is 2000 g/mol. The normalized spacial score (nSPS) is 22.2. The molecule has 12 aromatic rings. The summed E-state index contributed by atoms with van der Waals surface area (Å²) in [6.07, 6.45) is -16.3. The fourth-order valence-electron chi connectivity index (χ4n) is 14.1. The van der Waals surface area contributed by atoms with E-state index >= 15 is 13.2 Å². The molecule has 18 atom stereocenters. The zero-order chi connectivity index (χ0) is 101. The number of H-pyrrole nitrogens is 2. The van der Waals surface area contributed by atoms with Crippen LogP contribution in [0.2, 0.25) is 0 Å². The third-order valence-electron chi connectivity index (χ3n) is 20.8. The molecule has 0 radical (unpaired) electrons. The van der Waals surface area contributed by atoms with E-state index in [0.29, 0.717) is 17.5 Å². The molecule has 56 heteroatoms. The van der Waals surface area contributed by atoms with Gasteiger partial charge in [0.1, 0.15) is 43.2 Å². The van der Waals surface area contributed by atoms with Crippen molar-refractivity contribution in [3.8, 4) is 12.1 Å². The number of hydrogen-bond acceptors (Lipinski definition) is 38. The van der Waals surface area contributed by atoms with Gasteiger partial charge in [0.25, 0.3) is 31.5 Å². The fraction of sp³-hybridized carbons (Fsp3) is 0.435. The second-order valence-corrected chi connectivity index (χ2v) is 34.3. The number of nitriles is 2. The molecule has 14 heterocycles. The van der Waals surface area contributed by atoms with E-state index in [9.17, 15) is 58.1 Å². The number of nitrogens with one attached hydrogen (secondary N) is 6. The number of carboxylic acid groups (broad SMARTS) is 2. The molecule has 10 N–H and O–H groups in total. The van der Waals surface area contributed by atoms with Crippen LogP contribution in [0.5, 0.6) is 0 Å². The minimum absolute atomic E-state index is 0.0174. The molecule has 0 bridgehead atoms. The number of carbonyl (C=O) groups excluding carboxylic acids is 4. The van der Waals surface area contributed by atoms with Crippen LogP contribution in [-0.2, 0) is 60.6 Å². The van der Waals surface area contributed by atoms with Crippen molar-refractivity contribution in [2.24, 2.45) is 11.8 Å². The Morgan fingerprint density at radius 2 is 0.908 bits per heavy atom. The van der Waals surface area contributed by atoms with Gasteiger partial charge < -0.3 is 82.1 Å². The number of aliphatic hydroxyl groups is 2. The highest BCUT2D eigenvalue weighted by Gasteiger charge is 2.55. The lowest BCUT2D eigenvalue weighted by Gasteiger charge is -2.37. The highest BCUT2D eigenvalue weighted by atomic mass is 31.2. The van der Waals surface area contributed by atoms with Gasteiger partial charge in [-0.2, -0.15) is 29.9 Å². The number of aromatic nitrogens is 20. The topological polar surface area (TPSA) is 650 Å². The highest BCUT2D eigenvalue weighted by molar-refractivity contribution is 7.44. The third kappa shape index (κ3) is 26.3. The maximum Gasteiger partial charge on any atom is 0.506 e. The second kappa shape index (κ2) is 50.1. The number of aromatic amines is 2. The summed E-state index contributed by atoms with van der Waals surface area (Å²) in [5.74, 6) is -2.89. The predicted octanol–water partition coefficient (Wildman–Crippen LogP) is 9.24. The SMILES string of the molecule is CC(C)C(=O)Nc1nc2c(ncn2[C@@H]2O[C@H](CO)[C@@H](F)[C@H]2OP(OCCC#N)OC[C@H]2O[C@@H](n3nnc4c(NC(=O)c5ccccc5)ncnc43)[C@@H](F)[C@@H]2OC(=O)O)c(=O)[nH]1.CC[C@H]1O[C@@H](n2cnc3c(=O)[nH]c(NC(=O)C(C)C)nc32)[C@H](OP(OCCC#N)N(C(C)C)C(C)C)[C@@H]1F.O=C(O)O[C@H]1[C@H](F)[C@H](n2nnc3c(NC(=O)c4ccccc4)ncnc32)O[C@@H]1CO.c1ccncc1.c1ccncc1. The lowest BCUT2D eigenvalue weighted by Crippen LogP contribution is -2.37. The Labute approximate surface area is 799 Å². The smallest absolute Gasteiger partial charge is 0.450 e. The minimum atomic E-state index is -2.73. The summed E-state index contributed by atoms with van der Waals surface area (Å²) in [6.45, 7) is 14.0. The summed E-state index contributed by atoms with van der Waals surface area (Å²) in [5, 5.41) is 81.6. The molecule has 4 fully saturated rings. The Balaban J connectivity index is 0.000000188. The molecule has 0 saturated carbocycles. The lowest BCUT2D eigenvalue weighted by molar-refractivity contribution is -0.119. The quantitative estimate of drug-likeness (QED) is 0.00792. The van der Waals surface area contributed by atoms with Crippen molar-refractivity contribution in [2.45, 2.75) is 192 Å². The van der Waals surface area contributed by atoms with E-state index in [0.717, 1.165) is 32.9 Å². The van der Waals surface area contributed by atoms with Crippen molar-refractivity contribution in [1.82, 2.24) is 104 Å². The summed E-state index contributed by atoms with van der Waals surface area (Å²) < 4.78 is 132. The zero-order valence-corrected chi connectivity index (χ0v) is 78.2. The number of alkyl halides is 4. The molecule has 4 aliphatic rings. The Morgan fingerprint density at radius 1 is 0.496 bits per heavy atom. The number of aliphatic hydroxyl groups excluding tert-OH is 2. The molecule has 4 aliphatic heterocycles. The maximum atomic E-state index is 16.2. The van der Waals surface area contributed by atoms with Crippen LogP contribution in [0.1, 0.15) is 127 Å². The summed E-state index contributed by atoms with van der Waals surface area (Å²) in [6, 6.07) is 32.0. The van der Waals surface area contributed by atoms with Crippen LogP contribution in [0.3, 0.4) is 0 Å². The van der Waals surface area contributed by atoms with Gasteiger partial charge in [-0.15, -0.1) is 10.2 Å².